The van der Waals surface area contributed by atoms with Crippen LogP contribution in [0.25, 0.3) is 0 Å². The Balaban J connectivity index is 0.000000763. The molecule has 1 rings (SSSR count). The summed E-state index contributed by atoms with van der Waals surface area (Å²) >= 11 is 9.43. The van der Waals surface area contributed by atoms with E-state index in [1.807, 2.05) is 45.0 Å². The van der Waals surface area contributed by atoms with E-state index in [9.17, 15) is 0 Å². The second-order valence-electron chi connectivity index (χ2n) is 5.07. The number of halogens is 3. The third-order valence-corrected chi connectivity index (χ3v) is 2.54. The molecular weight excluding hydrogens is 399 g/mol. The molecule has 0 aliphatic heterocycles. The Bertz CT molecular complexity index is 534. The van der Waals surface area contributed by atoms with Crippen LogP contribution in [0, 0.1) is 10.2 Å². The zero-order valence-electron chi connectivity index (χ0n) is 12.3. The van der Waals surface area contributed by atoms with E-state index < -0.39 is 10.2 Å². The predicted octanol–water partition coefficient (Wildman–Crippen LogP) is 2.00. The van der Waals surface area contributed by atoms with Crippen LogP contribution in [-0.2, 0) is 0 Å². The summed E-state index contributed by atoms with van der Waals surface area (Å²) < 4.78 is 30.9. The fourth-order valence-electron chi connectivity index (χ4n) is 1.18. The molecule has 0 bridgehead atoms. The number of anilines is 1. The monoisotopic (exact) mass is 416 g/mol. The first-order chi connectivity index (χ1) is 9.79. The first-order valence-corrected chi connectivity index (χ1v) is 8.41. The Labute approximate surface area is 145 Å². The van der Waals surface area contributed by atoms with Crippen molar-refractivity contribution in [1.29, 1.82) is 0 Å². The van der Waals surface area contributed by atoms with E-state index in [1.54, 1.807) is 0 Å². The first-order valence-electron chi connectivity index (χ1n) is 5.92. The summed E-state index contributed by atoms with van der Waals surface area (Å²) in [6, 6.07) is 7.53. The fourth-order valence-corrected chi connectivity index (χ4v) is 1.55. The third-order valence-electron chi connectivity index (χ3n) is 1.83. The maximum atomic E-state index is 8.83. The molecule has 0 radical (unpaired) electrons. The van der Waals surface area contributed by atoms with Gasteiger partial charge in [0.05, 0.1) is 20.7 Å². The number of benzene rings is 1. The molecule has 126 valence electrons. The molecule has 9 heteroatoms. The van der Waals surface area contributed by atoms with Gasteiger partial charge in [0.1, 0.15) is 5.84 Å². The molecule has 0 atom stereocenters. The van der Waals surface area contributed by atoms with Crippen LogP contribution in [0.1, 0.15) is 20.8 Å². The summed E-state index contributed by atoms with van der Waals surface area (Å²) in [7, 11) is -4.19. The molecule has 0 aliphatic rings. The van der Waals surface area contributed by atoms with Gasteiger partial charge in [0.15, 0.2) is 0 Å². The number of hydrogen-bond donors (Lipinski definition) is 4. The van der Waals surface area contributed by atoms with E-state index in [2.05, 4.69) is 32.8 Å². The van der Waals surface area contributed by atoms with Crippen molar-refractivity contribution >= 4 is 39.1 Å². The summed E-state index contributed by atoms with van der Waals surface area (Å²) in [6.07, 6.45) is 0. The molecule has 22 heavy (non-hydrogen) atoms. The van der Waals surface area contributed by atoms with Gasteiger partial charge in [-0.3, -0.25) is 4.99 Å². The Morgan fingerprint density at radius 3 is 2.14 bits per heavy atom. The van der Waals surface area contributed by atoms with E-state index in [4.69, 9.17) is 30.2 Å². The molecular formula is C13H19BrCl2N2O4. The van der Waals surface area contributed by atoms with Crippen molar-refractivity contribution in [3.05, 3.63) is 40.3 Å². The zero-order valence-corrected chi connectivity index (χ0v) is 15.4. The average molecular weight is 418 g/mol. The molecule has 0 saturated heterocycles. The van der Waals surface area contributed by atoms with Gasteiger partial charge in [-0.15, -0.1) is 0 Å². The standard InChI is InChI=1S/C13H16BrClN2.ClH3O4/c1-9(14)12(17-13(2,3)4)16-11-8-6-5-7-10(11)15;2-1(3,4)5/h5-8H,1H2,2-4H3,(H,16,17);2-4H. The van der Waals surface area contributed by atoms with Crippen molar-refractivity contribution in [3.8, 4) is 0 Å². The van der Waals surface area contributed by atoms with Crippen LogP contribution in [0.15, 0.2) is 40.3 Å². The van der Waals surface area contributed by atoms with Crippen LogP contribution >= 0.6 is 27.5 Å². The summed E-state index contributed by atoms with van der Waals surface area (Å²) in [5.74, 6) is 0.686. The van der Waals surface area contributed by atoms with Gasteiger partial charge in [0.2, 0.25) is 0 Å². The van der Waals surface area contributed by atoms with Crippen LogP contribution in [0.4, 0.5) is 5.69 Å². The second-order valence-corrected chi connectivity index (χ2v) is 7.31. The number of hydrogen-bond acceptors (Lipinski definition) is 5. The zero-order chi connectivity index (χ0) is 17.6. The number of rotatable bonds is 2. The predicted molar refractivity (Wildman–Crippen MR) is 87.0 cm³/mol. The molecule has 0 heterocycles. The van der Waals surface area contributed by atoms with Crippen molar-refractivity contribution in [2.24, 2.45) is 4.99 Å². The quantitative estimate of drug-likeness (QED) is 0.434. The molecule has 1 aromatic rings. The Morgan fingerprint density at radius 1 is 1.32 bits per heavy atom. The number of amidine groups is 1. The SMILES string of the molecule is C=C(Br)C(=NC(C)(C)C)Nc1ccccc1Cl.[O-][Cl+](O)(O)O. The van der Waals surface area contributed by atoms with Crippen LogP contribution in [0.3, 0.4) is 0 Å². The topological polar surface area (TPSA) is 108 Å². The van der Waals surface area contributed by atoms with Crippen molar-refractivity contribution in [2.75, 3.05) is 5.32 Å². The van der Waals surface area contributed by atoms with Gasteiger partial charge < -0.3 is 5.32 Å². The second kappa shape index (κ2) is 8.83. The van der Waals surface area contributed by atoms with Crippen molar-refractivity contribution < 1.29 is 28.9 Å². The van der Waals surface area contributed by atoms with Gasteiger partial charge in [-0.2, -0.15) is 0 Å². The van der Waals surface area contributed by atoms with Crippen LogP contribution in [0.5, 0.6) is 0 Å². The number of aliphatic imine (C=N–C) groups is 1. The summed E-state index contributed by atoms with van der Waals surface area (Å²) in [5, 5.41) is 3.83. The van der Waals surface area contributed by atoms with Gasteiger partial charge in [0.25, 0.3) is 0 Å². The van der Waals surface area contributed by atoms with Gasteiger partial charge in [-0.05, 0) is 48.8 Å². The molecule has 0 saturated carbocycles. The molecule has 0 aliphatic carbocycles. The van der Waals surface area contributed by atoms with Crippen LogP contribution in [0.2, 0.25) is 5.02 Å². The number of nitrogens with zero attached hydrogens (tertiary/aromatic N) is 1. The van der Waals surface area contributed by atoms with E-state index >= 15 is 0 Å². The fraction of sp³-hybridized carbons (Fsp3) is 0.308. The van der Waals surface area contributed by atoms with Crippen LogP contribution < -0.4 is 9.98 Å². The summed E-state index contributed by atoms with van der Waals surface area (Å²) in [4.78, 5) is 4.55. The normalized spacial score (nSPS) is 13.0. The molecule has 6 nitrogen and oxygen atoms in total. The first kappa shape index (κ1) is 21.3. The molecule has 1 aromatic carbocycles. The number of para-hydroxylation sites is 1. The third kappa shape index (κ3) is 11.9. The van der Waals surface area contributed by atoms with Gasteiger partial charge in [-0.25, -0.2) is 0 Å². The Morgan fingerprint density at radius 2 is 1.77 bits per heavy atom. The molecule has 0 unspecified atom stereocenters. The summed E-state index contributed by atoms with van der Waals surface area (Å²) in [6.45, 7) is 9.92. The summed E-state index contributed by atoms with van der Waals surface area (Å²) in [5.41, 5.74) is 0.637. The molecule has 0 amide bonds. The minimum atomic E-state index is -4.19. The Hall–Kier alpha value is -0.670. The van der Waals surface area contributed by atoms with Crippen molar-refractivity contribution in [1.82, 2.24) is 0 Å². The maximum absolute atomic E-state index is 8.83. The number of nitrogens with one attached hydrogen (secondary N) is 1. The van der Waals surface area contributed by atoms with E-state index in [0.717, 1.165) is 5.69 Å². The van der Waals surface area contributed by atoms with E-state index in [1.165, 1.54) is 0 Å². The van der Waals surface area contributed by atoms with Gasteiger partial charge >= 0.3 is 28.9 Å². The van der Waals surface area contributed by atoms with Gasteiger partial charge in [0, 0.05) is 0 Å². The van der Waals surface area contributed by atoms with E-state index in [-0.39, 0.29) is 5.54 Å². The molecule has 0 fully saturated rings. The molecule has 0 spiro atoms. The van der Waals surface area contributed by atoms with E-state index in [0.29, 0.717) is 15.3 Å². The average Bonchev–Trinajstić information content (AvgIpc) is 2.27. The van der Waals surface area contributed by atoms with Crippen molar-refractivity contribution in [2.45, 2.75) is 26.3 Å². The van der Waals surface area contributed by atoms with Gasteiger partial charge in [-0.1, -0.05) is 30.3 Å². The minimum absolute atomic E-state index is 0.180. The Kier molecular flexibility index (Phi) is 8.56. The van der Waals surface area contributed by atoms with Crippen LogP contribution in [-0.4, -0.2) is 25.4 Å². The molecule has 0 aromatic heterocycles. The van der Waals surface area contributed by atoms with Crippen molar-refractivity contribution in [3.63, 3.8) is 0 Å². The molecule has 4 N–H and O–H groups in total.